The van der Waals surface area contributed by atoms with Crippen LogP contribution in [0, 0.1) is 0 Å². The molecule has 2 heterocycles. The summed E-state index contributed by atoms with van der Waals surface area (Å²) in [4.78, 5) is 24.2. The van der Waals surface area contributed by atoms with Gasteiger partial charge in [0.15, 0.2) is 0 Å². The standard InChI is InChI=1S/C21H14F6N2O2S/c1-32-17(18(30)28-19(32)31)14-10-29(16-5-3-2-4-13(14)16)9-11-6-7-12(20(22,23)24)8-15(11)21(25,26)27/h2-8,10,17H,1,9H2,(H,28,30,31). The van der Waals surface area contributed by atoms with Gasteiger partial charge in [0, 0.05) is 29.2 Å². The highest BCUT2D eigenvalue weighted by molar-refractivity contribution is 8.28. The Kier molecular flexibility index (Phi) is 5.19. The maximum absolute atomic E-state index is 13.6. The number of rotatable bonds is 3. The van der Waals surface area contributed by atoms with Gasteiger partial charge in [0.05, 0.1) is 11.1 Å². The minimum absolute atomic E-state index is 0.0956. The smallest absolute Gasteiger partial charge is 0.343 e. The van der Waals surface area contributed by atoms with Crippen molar-refractivity contribution in [3.8, 4) is 0 Å². The van der Waals surface area contributed by atoms with Crippen molar-refractivity contribution in [1.82, 2.24) is 9.88 Å². The van der Waals surface area contributed by atoms with E-state index < -0.39 is 50.4 Å². The van der Waals surface area contributed by atoms with Crippen LogP contribution in [0.5, 0.6) is 0 Å². The van der Waals surface area contributed by atoms with E-state index in [1.165, 1.54) is 10.8 Å². The van der Waals surface area contributed by atoms with Crippen LogP contribution in [0.25, 0.3) is 10.9 Å². The molecular weight excluding hydrogens is 458 g/mol. The Morgan fingerprint density at radius 2 is 1.69 bits per heavy atom. The number of nitrogens with one attached hydrogen (secondary N) is 1. The highest BCUT2D eigenvalue weighted by Gasteiger charge is 2.39. The molecule has 1 aliphatic heterocycles. The Labute approximate surface area is 179 Å². The van der Waals surface area contributed by atoms with E-state index in [4.69, 9.17) is 0 Å². The van der Waals surface area contributed by atoms with Crippen LogP contribution in [0.3, 0.4) is 0 Å². The third kappa shape index (κ3) is 3.81. The average Bonchev–Trinajstić information content (AvgIpc) is 3.17. The molecule has 1 aliphatic rings. The lowest BCUT2D eigenvalue weighted by Gasteiger charge is -2.17. The lowest BCUT2D eigenvalue weighted by Crippen LogP contribution is -2.20. The number of halogens is 6. The fraction of sp³-hybridized carbons (Fsp3) is 0.190. The van der Waals surface area contributed by atoms with Gasteiger partial charge in [0.2, 0.25) is 5.91 Å². The lowest BCUT2D eigenvalue weighted by molar-refractivity contribution is -0.143. The Morgan fingerprint density at radius 3 is 2.28 bits per heavy atom. The van der Waals surface area contributed by atoms with Gasteiger partial charge in [-0.3, -0.25) is 14.9 Å². The predicted octanol–water partition coefficient (Wildman–Crippen LogP) is 5.72. The molecule has 0 spiro atoms. The molecule has 0 saturated carbocycles. The van der Waals surface area contributed by atoms with E-state index >= 15 is 0 Å². The molecule has 0 bridgehead atoms. The first kappa shape index (κ1) is 22.1. The van der Waals surface area contributed by atoms with Crippen molar-refractivity contribution in [3.05, 3.63) is 70.9 Å². The maximum Gasteiger partial charge on any atom is 0.416 e. The van der Waals surface area contributed by atoms with Crippen molar-refractivity contribution < 1.29 is 35.9 Å². The summed E-state index contributed by atoms with van der Waals surface area (Å²) in [5.74, 6) is 3.18. The van der Waals surface area contributed by atoms with Gasteiger partial charge in [-0.2, -0.15) is 26.3 Å². The highest BCUT2D eigenvalue weighted by atomic mass is 32.2. The number of imide groups is 1. The number of amides is 2. The summed E-state index contributed by atoms with van der Waals surface area (Å²) in [6.45, 7) is -0.388. The van der Waals surface area contributed by atoms with Crippen LogP contribution in [-0.4, -0.2) is 21.6 Å². The van der Waals surface area contributed by atoms with Crippen LogP contribution in [0.2, 0.25) is 0 Å². The zero-order chi connectivity index (χ0) is 23.4. The second-order valence-corrected chi connectivity index (χ2v) is 8.88. The molecule has 3 aromatic rings. The van der Waals surface area contributed by atoms with E-state index in [9.17, 15) is 35.9 Å². The molecule has 0 radical (unpaired) electrons. The highest BCUT2D eigenvalue weighted by Crippen LogP contribution is 2.43. The quantitative estimate of drug-likeness (QED) is 0.392. The van der Waals surface area contributed by atoms with E-state index in [0.717, 1.165) is 6.07 Å². The molecule has 0 aliphatic carbocycles. The van der Waals surface area contributed by atoms with Crippen LogP contribution < -0.4 is 5.32 Å². The number of hydrogen-bond donors (Lipinski definition) is 1. The minimum Gasteiger partial charge on any atom is -0.343 e. The second-order valence-electron chi connectivity index (χ2n) is 7.18. The van der Waals surface area contributed by atoms with Crippen molar-refractivity contribution in [3.63, 3.8) is 0 Å². The SMILES string of the molecule is C=S1C(=O)NC(=O)C1c1cn(Cc2ccc(C(F)(F)F)cc2C(F)(F)F)c2ccccc12. The Hall–Kier alpha value is -3.08. The van der Waals surface area contributed by atoms with E-state index in [0.29, 0.717) is 22.5 Å². The van der Waals surface area contributed by atoms with Gasteiger partial charge < -0.3 is 4.57 Å². The molecule has 4 rings (SSSR count). The molecule has 1 N–H and O–H groups in total. The van der Waals surface area contributed by atoms with Gasteiger partial charge in [-0.25, -0.2) is 0 Å². The van der Waals surface area contributed by atoms with Crippen LogP contribution in [-0.2, 0) is 23.7 Å². The number of benzene rings is 2. The molecule has 32 heavy (non-hydrogen) atoms. The summed E-state index contributed by atoms with van der Waals surface area (Å²) in [6.07, 6.45) is -8.46. The summed E-state index contributed by atoms with van der Waals surface area (Å²) in [6, 6.07) is 8.09. The number of carbonyl (C=O) groups excluding carboxylic acids is 2. The Bertz CT molecular complexity index is 1280. The number of alkyl halides is 6. The van der Waals surface area contributed by atoms with Gasteiger partial charge >= 0.3 is 12.4 Å². The molecule has 2 aromatic carbocycles. The summed E-state index contributed by atoms with van der Waals surface area (Å²) in [5.41, 5.74) is -2.26. The number of aromatic nitrogens is 1. The molecule has 2 atom stereocenters. The second kappa shape index (κ2) is 7.51. The zero-order valence-electron chi connectivity index (χ0n) is 16.1. The third-order valence-electron chi connectivity index (χ3n) is 5.17. The summed E-state index contributed by atoms with van der Waals surface area (Å²) in [7, 11) is -1.23. The largest absolute Gasteiger partial charge is 0.416 e. The maximum atomic E-state index is 13.6. The van der Waals surface area contributed by atoms with Crippen LogP contribution >= 0.6 is 10.5 Å². The topological polar surface area (TPSA) is 51.1 Å². The van der Waals surface area contributed by atoms with Gasteiger partial charge in [0.25, 0.3) is 5.24 Å². The zero-order valence-corrected chi connectivity index (χ0v) is 16.9. The van der Waals surface area contributed by atoms with E-state index in [1.807, 2.05) is 0 Å². The molecule has 2 unspecified atom stereocenters. The van der Waals surface area contributed by atoms with Gasteiger partial charge in [-0.1, -0.05) is 40.6 Å². The minimum atomic E-state index is -5.00. The molecule has 1 aromatic heterocycles. The van der Waals surface area contributed by atoms with E-state index in [-0.39, 0.29) is 18.2 Å². The first-order chi connectivity index (χ1) is 14.9. The van der Waals surface area contributed by atoms with Crippen molar-refractivity contribution in [2.24, 2.45) is 0 Å². The molecule has 168 valence electrons. The number of nitrogens with zero attached hydrogens (tertiary/aromatic N) is 1. The number of hydrogen-bond acceptors (Lipinski definition) is 2. The molecule has 2 amide bonds. The summed E-state index contributed by atoms with van der Waals surface area (Å²) >= 11 is 0. The Balaban J connectivity index is 1.84. The third-order valence-corrected chi connectivity index (χ3v) is 6.79. The summed E-state index contributed by atoms with van der Waals surface area (Å²) in [5, 5.41) is 1.31. The van der Waals surface area contributed by atoms with Crippen molar-refractivity contribution in [2.45, 2.75) is 24.1 Å². The first-order valence-electron chi connectivity index (χ1n) is 9.10. The number of para-hydroxylation sites is 1. The monoisotopic (exact) mass is 472 g/mol. The van der Waals surface area contributed by atoms with Crippen molar-refractivity contribution >= 4 is 38.4 Å². The molecule has 1 saturated heterocycles. The van der Waals surface area contributed by atoms with Gasteiger partial charge in [-0.15, -0.1) is 0 Å². The number of fused-ring (bicyclic) bond motifs is 1. The molecule has 4 nitrogen and oxygen atoms in total. The molecule has 11 heteroatoms. The van der Waals surface area contributed by atoms with Crippen LogP contribution in [0.15, 0.2) is 48.7 Å². The van der Waals surface area contributed by atoms with Gasteiger partial charge in [-0.05, 0) is 23.8 Å². The predicted molar refractivity (Wildman–Crippen MR) is 108 cm³/mol. The normalized spacial score (nSPS) is 19.6. The van der Waals surface area contributed by atoms with Gasteiger partial charge in [0.1, 0.15) is 5.25 Å². The fourth-order valence-electron chi connectivity index (χ4n) is 3.72. The summed E-state index contributed by atoms with van der Waals surface area (Å²) < 4.78 is 81.0. The fourth-order valence-corrected chi connectivity index (χ4v) is 4.97. The van der Waals surface area contributed by atoms with Crippen LogP contribution in [0.1, 0.15) is 27.5 Å². The van der Waals surface area contributed by atoms with E-state index in [2.05, 4.69) is 11.2 Å². The molecule has 1 fully saturated rings. The van der Waals surface area contributed by atoms with Crippen molar-refractivity contribution in [2.75, 3.05) is 0 Å². The molecular formula is C21H14F6N2O2S. The average molecular weight is 472 g/mol. The lowest BCUT2D eigenvalue weighted by atomic mass is 10.0. The van der Waals surface area contributed by atoms with Crippen LogP contribution in [0.4, 0.5) is 31.1 Å². The Morgan fingerprint density at radius 1 is 1.00 bits per heavy atom. The number of carbonyl (C=O) groups is 2. The van der Waals surface area contributed by atoms with Crippen molar-refractivity contribution in [1.29, 1.82) is 0 Å². The van der Waals surface area contributed by atoms with E-state index in [1.54, 1.807) is 24.3 Å². The first-order valence-corrected chi connectivity index (χ1v) is 10.6.